The lowest BCUT2D eigenvalue weighted by atomic mass is 10.1. The molecular weight excluding hydrogens is 211 g/mol. The van der Waals surface area contributed by atoms with E-state index in [4.69, 9.17) is 15.7 Å². The van der Waals surface area contributed by atoms with Crippen molar-refractivity contribution in [1.29, 1.82) is 0 Å². The molecule has 4 N–H and O–H groups in total. The average molecular weight is 226 g/mol. The highest BCUT2D eigenvalue weighted by atomic mass is 19.1. The van der Waals surface area contributed by atoms with E-state index in [1.807, 2.05) is 5.48 Å². The topological polar surface area (TPSA) is 67.5 Å². The quantitative estimate of drug-likeness (QED) is 0.403. The Bertz CT molecular complexity index is 362. The Kier molecular flexibility index (Phi) is 4.42. The van der Waals surface area contributed by atoms with Gasteiger partial charge in [-0.1, -0.05) is 18.7 Å². The van der Waals surface area contributed by atoms with Crippen molar-refractivity contribution in [3.63, 3.8) is 0 Å². The Morgan fingerprint density at radius 1 is 1.69 bits per heavy atom. The summed E-state index contributed by atoms with van der Waals surface area (Å²) in [6.45, 7) is 5.39. The van der Waals surface area contributed by atoms with E-state index in [1.54, 1.807) is 19.1 Å². The van der Waals surface area contributed by atoms with Gasteiger partial charge in [0.15, 0.2) is 0 Å². The van der Waals surface area contributed by atoms with Gasteiger partial charge in [-0.15, -0.1) is 0 Å². The predicted molar refractivity (Wildman–Crippen MR) is 59.0 cm³/mol. The molecule has 0 saturated heterocycles. The molecule has 0 heterocycles. The molecule has 0 fully saturated rings. The SMILES string of the molecule is C=C(OCC(N)NO)c1c(C)cccc1F. The lowest BCUT2D eigenvalue weighted by molar-refractivity contribution is 0.0923. The number of ether oxygens (including phenoxy) is 1. The van der Waals surface area contributed by atoms with Gasteiger partial charge in [0.1, 0.15) is 24.3 Å². The second-order valence-electron chi connectivity index (χ2n) is 3.40. The first-order valence-electron chi connectivity index (χ1n) is 4.78. The van der Waals surface area contributed by atoms with Crippen LogP contribution in [0.4, 0.5) is 4.39 Å². The summed E-state index contributed by atoms with van der Waals surface area (Å²) in [5.41, 5.74) is 8.23. The minimum absolute atomic E-state index is 0.00308. The first kappa shape index (κ1) is 12.6. The summed E-state index contributed by atoms with van der Waals surface area (Å²) in [4.78, 5) is 0. The Morgan fingerprint density at radius 2 is 2.38 bits per heavy atom. The van der Waals surface area contributed by atoms with Crippen molar-refractivity contribution in [2.45, 2.75) is 13.1 Å². The molecule has 0 radical (unpaired) electrons. The van der Waals surface area contributed by atoms with Gasteiger partial charge in [0.25, 0.3) is 0 Å². The molecule has 0 amide bonds. The van der Waals surface area contributed by atoms with Crippen LogP contribution in [0.2, 0.25) is 0 Å². The van der Waals surface area contributed by atoms with E-state index in [1.165, 1.54) is 6.07 Å². The summed E-state index contributed by atoms with van der Waals surface area (Å²) in [7, 11) is 0. The van der Waals surface area contributed by atoms with Gasteiger partial charge in [0.05, 0.1) is 5.56 Å². The summed E-state index contributed by atoms with van der Waals surface area (Å²) in [5, 5.41) is 8.47. The van der Waals surface area contributed by atoms with E-state index in [2.05, 4.69) is 6.58 Å². The van der Waals surface area contributed by atoms with E-state index in [9.17, 15) is 4.39 Å². The number of nitrogens with one attached hydrogen (secondary N) is 1. The number of hydroxylamine groups is 1. The van der Waals surface area contributed by atoms with Crippen LogP contribution in [0.25, 0.3) is 5.76 Å². The van der Waals surface area contributed by atoms with Crippen molar-refractivity contribution >= 4 is 5.76 Å². The van der Waals surface area contributed by atoms with E-state index >= 15 is 0 Å². The standard InChI is InChI=1S/C11H15FN2O2/c1-7-4-3-5-9(12)11(7)8(2)16-6-10(13)14-15/h3-5,10,14-15H,2,6,13H2,1H3. The second-order valence-corrected chi connectivity index (χ2v) is 3.40. The van der Waals surface area contributed by atoms with Crippen LogP contribution in [0.15, 0.2) is 24.8 Å². The number of nitrogens with two attached hydrogens (primary N) is 1. The number of rotatable bonds is 5. The minimum Gasteiger partial charge on any atom is -0.490 e. The number of hydrogen-bond acceptors (Lipinski definition) is 4. The molecule has 5 heteroatoms. The zero-order valence-electron chi connectivity index (χ0n) is 9.03. The molecule has 0 aromatic heterocycles. The van der Waals surface area contributed by atoms with Gasteiger partial charge in [-0.2, -0.15) is 5.48 Å². The summed E-state index contributed by atoms with van der Waals surface area (Å²) in [6.07, 6.45) is -0.733. The van der Waals surface area contributed by atoms with Crippen LogP contribution >= 0.6 is 0 Å². The van der Waals surface area contributed by atoms with Gasteiger partial charge in [0.2, 0.25) is 0 Å². The van der Waals surface area contributed by atoms with Crippen LogP contribution in [-0.2, 0) is 4.74 Å². The number of halogens is 1. The molecule has 4 nitrogen and oxygen atoms in total. The van der Waals surface area contributed by atoms with E-state index in [0.29, 0.717) is 5.56 Å². The van der Waals surface area contributed by atoms with Crippen molar-refractivity contribution in [3.05, 3.63) is 41.7 Å². The fourth-order valence-corrected chi connectivity index (χ4v) is 1.28. The van der Waals surface area contributed by atoms with Crippen molar-refractivity contribution < 1.29 is 14.3 Å². The molecule has 1 aromatic carbocycles. The predicted octanol–water partition coefficient (Wildman–Crippen LogP) is 1.39. The molecular formula is C11H15FN2O2. The van der Waals surface area contributed by atoms with Gasteiger partial charge < -0.3 is 15.7 Å². The molecule has 16 heavy (non-hydrogen) atoms. The highest BCUT2D eigenvalue weighted by Crippen LogP contribution is 2.21. The van der Waals surface area contributed by atoms with E-state index < -0.39 is 12.0 Å². The van der Waals surface area contributed by atoms with E-state index in [-0.39, 0.29) is 12.4 Å². The van der Waals surface area contributed by atoms with E-state index in [0.717, 1.165) is 5.56 Å². The maximum atomic E-state index is 13.5. The molecule has 0 aliphatic rings. The van der Waals surface area contributed by atoms with Crippen LogP contribution in [0.1, 0.15) is 11.1 Å². The minimum atomic E-state index is -0.733. The van der Waals surface area contributed by atoms with Crippen LogP contribution < -0.4 is 11.2 Å². The molecule has 1 atom stereocenters. The lowest BCUT2D eigenvalue weighted by Gasteiger charge is -2.15. The number of benzene rings is 1. The Hall–Kier alpha value is -1.43. The van der Waals surface area contributed by atoms with Gasteiger partial charge >= 0.3 is 0 Å². The highest BCUT2D eigenvalue weighted by molar-refractivity contribution is 5.61. The fraction of sp³-hybridized carbons (Fsp3) is 0.273. The largest absolute Gasteiger partial charge is 0.490 e. The van der Waals surface area contributed by atoms with Gasteiger partial charge in [0, 0.05) is 0 Å². The molecule has 1 rings (SSSR count). The molecule has 1 aromatic rings. The number of aryl methyl sites for hydroxylation is 1. The Morgan fingerprint density at radius 3 is 2.94 bits per heavy atom. The number of hydrogen-bond donors (Lipinski definition) is 3. The lowest BCUT2D eigenvalue weighted by Crippen LogP contribution is -2.39. The molecule has 1 unspecified atom stereocenters. The zero-order chi connectivity index (χ0) is 12.1. The smallest absolute Gasteiger partial charge is 0.134 e. The summed E-state index contributed by atoms with van der Waals surface area (Å²) in [5.74, 6) is -0.197. The summed E-state index contributed by atoms with van der Waals surface area (Å²) >= 11 is 0. The van der Waals surface area contributed by atoms with Crippen LogP contribution in [0.5, 0.6) is 0 Å². The molecule has 88 valence electrons. The Balaban J connectivity index is 2.73. The third kappa shape index (κ3) is 3.03. The maximum absolute atomic E-state index is 13.5. The van der Waals surface area contributed by atoms with Gasteiger partial charge in [-0.3, -0.25) is 0 Å². The van der Waals surface area contributed by atoms with Gasteiger partial charge in [-0.25, -0.2) is 4.39 Å². The van der Waals surface area contributed by atoms with Gasteiger partial charge in [-0.05, 0) is 18.6 Å². The normalized spacial score (nSPS) is 12.2. The summed E-state index contributed by atoms with van der Waals surface area (Å²) in [6, 6.07) is 4.71. The average Bonchev–Trinajstić information content (AvgIpc) is 2.25. The van der Waals surface area contributed by atoms with Crippen molar-refractivity contribution in [1.82, 2.24) is 5.48 Å². The van der Waals surface area contributed by atoms with Crippen molar-refractivity contribution in [3.8, 4) is 0 Å². The van der Waals surface area contributed by atoms with Crippen LogP contribution in [0, 0.1) is 12.7 Å². The second kappa shape index (κ2) is 5.60. The highest BCUT2D eigenvalue weighted by Gasteiger charge is 2.11. The zero-order valence-corrected chi connectivity index (χ0v) is 9.03. The molecule has 0 spiro atoms. The fourth-order valence-electron chi connectivity index (χ4n) is 1.28. The third-order valence-electron chi connectivity index (χ3n) is 2.10. The van der Waals surface area contributed by atoms with Crippen LogP contribution in [0.3, 0.4) is 0 Å². The van der Waals surface area contributed by atoms with Crippen molar-refractivity contribution in [2.24, 2.45) is 5.73 Å². The molecule has 0 aliphatic heterocycles. The van der Waals surface area contributed by atoms with Crippen molar-refractivity contribution in [2.75, 3.05) is 6.61 Å². The first-order valence-corrected chi connectivity index (χ1v) is 4.78. The molecule has 0 aliphatic carbocycles. The Labute approximate surface area is 93.5 Å². The third-order valence-corrected chi connectivity index (χ3v) is 2.10. The molecule has 0 saturated carbocycles. The first-order chi connectivity index (χ1) is 7.56. The molecule has 0 bridgehead atoms. The van der Waals surface area contributed by atoms with Crippen LogP contribution in [-0.4, -0.2) is 18.0 Å². The monoisotopic (exact) mass is 226 g/mol. The maximum Gasteiger partial charge on any atom is 0.134 e. The summed E-state index contributed by atoms with van der Waals surface area (Å²) < 4.78 is 18.6.